The Morgan fingerprint density at radius 1 is 1.39 bits per heavy atom. The fourth-order valence-electron chi connectivity index (χ4n) is 3.57. The predicted octanol–water partition coefficient (Wildman–Crippen LogP) is 3.59. The number of amides is 1. The average Bonchev–Trinajstić information content (AvgIpc) is 2.68. The highest BCUT2D eigenvalue weighted by Gasteiger charge is 2.23. The summed E-state index contributed by atoms with van der Waals surface area (Å²) in [6, 6.07) is 5.70. The third-order valence-electron chi connectivity index (χ3n) is 5.19. The van der Waals surface area contributed by atoms with Crippen molar-refractivity contribution in [1.29, 1.82) is 0 Å². The van der Waals surface area contributed by atoms with Crippen molar-refractivity contribution in [2.75, 3.05) is 19.5 Å². The van der Waals surface area contributed by atoms with E-state index in [9.17, 15) is 9.59 Å². The van der Waals surface area contributed by atoms with E-state index in [4.69, 9.17) is 4.74 Å². The first-order chi connectivity index (χ1) is 13.5. The Morgan fingerprint density at radius 2 is 2.18 bits per heavy atom. The maximum atomic E-state index is 12.9. The molecule has 1 N–H and O–H groups in total. The van der Waals surface area contributed by atoms with E-state index in [1.165, 1.54) is 24.6 Å². The van der Waals surface area contributed by atoms with Crippen LogP contribution in [0.4, 0.5) is 0 Å². The molecule has 1 fully saturated rings. The second-order valence-corrected chi connectivity index (χ2v) is 9.09. The van der Waals surface area contributed by atoms with Gasteiger partial charge in [-0.15, -0.1) is 0 Å². The van der Waals surface area contributed by atoms with Gasteiger partial charge in [-0.3, -0.25) is 14.2 Å². The Kier molecular flexibility index (Phi) is 7.54. The fourth-order valence-corrected chi connectivity index (χ4v) is 4.77. The lowest BCUT2D eigenvalue weighted by Gasteiger charge is -2.29. The summed E-state index contributed by atoms with van der Waals surface area (Å²) in [5.74, 6) is 0.747. The molecule has 2 atom stereocenters. The molecule has 0 radical (unpaired) electrons. The van der Waals surface area contributed by atoms with Crippen molar-refractivity contribution in [2.24, 2.45) is 5.92 Å². The van der Waals surface area contributed by atoms with Gasteiger partial charge in [0.2, 0.25) is 5.91 Å². The highest BCUT2D eigenvalue weighted by atomic mass is 79.9. The minimum Gasteiger partial charge on any atom is -0.383 e. The normalized spacial score (nSPS) is 19.7. The molecule has 2 aromatic rings. The molecule has 1 aromatic carbocycles. The maximum Gasteiger partial charge on any atom is 0.262 e. The molecule has 2 unspecified atom stereocenters. The van der Waals surface area contributed by atoms with Crippen molar-refractivity contribution in [3.63, 3.8) is 0 Å². The molecular formula is C20H26BrN3O3S. The zero-order chi connectivity index (χ0) is 20.1. The Morgan fingerprint density at radius 3 is 2.93 bits per heavy atom. The first-order valence-electron chi connectivity index (χ1n) is 9.61. The largest absolute Gasteiger partial charge is 0.383 e. The summed E-state index contributed by atoms with van der Waals surface area (Å²) < 4.78 is 7.57. The maximum absolute atomic E-state index is 12.9. The molecule has 28 heavy (non-hydrogen) atoms. The van der Waals surface area contributed by atoms with Gasteiger partial charge in [-0.2, -0.15) is 0 Å². The molecule has 6 nitrogen and oxygen atoms in total. The molecule has 0 bridgehead atoms. The number of hydrogen-bond donors (Lipinski definition) is 1. The van der Waals surface area contributed by atoms with Crippen LogP contribution in [0.5, 0.6) is 0 Å². The predicted molar refractivity (Wildman–Crippen MR) is 116 cm³/mol. The van der Waals surface area contributed by atoms with Crippen molar-refractivity contribution in [3.8, 4) is 0 Å². The van der Waals surface area contributed by atoms with Crippen LogP contribution in [0.15, 0.2) is 32.6 Å². The Labute approximate surface area is 177 Å². The number of aromatic nitrogens is 2. The van der Waals surface area contributed by atoms with E-state index in [-0.39, 0.29) is 23.3 Å². The van der Waals surface area contributed by atoms with Crippen molar-refractivity contribution >= 4 is 44.5 Å². The van der Waals surface area contributed by atoms with E-state index >= 15 is 0 Å². The van der Waals surface area contributed by atoms with Crippen molar-refractivity contribution in [2.45, 2.75) is 50.4 Å². The summed E-state index contributed by atoms with van der Waals surface area (Å²) >= 11 is 4.71. The van der Waals surface area contributed by atoms with E-state index in [1.807, 2.05) is 12.1 Å². The number of nitrogens with zero attached hydrogens (tertiary/aromatic N) is 2. The molecular weight excluding hydrogens is 442 g/mol. The number of carbonyl (C=O) groups is 1. The third-order valence-corrected chi connectivity index (χ3v) is 6.66. The SMILES string of the molecule is COCCn1c(SCC(=O)NC2CCCCC2C)nc2ccc(Br)cc2c1=O. The lowest BCUT2D eigenvalue weighted by molar-refractivity contribution is -0.119. The van der Waals surface area contributed by atoms with E-state index in [0.29, 0.717) is 35.1 Å². The molecule has 3 rings (SSSR count). The molecule has 0 saturated heterocycles. The monoisotopic (exact) mass is 467 g/mol. The molecule has 1 amide bonds. The topological polar surface area (TPSA) is 73.2 Å². The number of ether oxygens (including phenoxy) is 1. The van der Waals surface area contributed by atoms with Crippen molar-refractivity contribution in [1.82, 2.24) is 14.9 Å². The number of halogens is 1. The van der Waals surface area contributed by atoms with Gasteiger partial charge in [0.15, 0.2) is 5.16 Å². The van der Waals surface area contributed by atoms with Crippen molar-refractivity contribution < 1.29 is 9.53 Å². The smallest absolute Gasteiger partial charge is 0.262 e. The Bertz CT molecular complexity index is 902. The third kappa shape index (κ3) is 5.15. The summed E-state index contributed by atoms with van der Waals surface area (Å²) in [6.45, 7) is 3.00. The number of fused-ring (bicyclic) bond motifs is 1. The zero-order valence-electron chi connectivity index (χ0n) is 16.2. The second kappa shape index (κ2) is 9.89. The van der Waals surface area contributed by atoms with Crippen LogP contribution in [0.1, 0.15) is 32.6 Å². The standard InChI is InChI=1S/C20H26BrN3O3S/c1-13-5-3-4-6-16(13)22-18(25)12-28-20-23-17-8-7-14(21)11-15(17)19(26)24(20)9-10-27-2/h7-8,11,13,16H,3-6,9-10,12H2,1-2H3,(H,22,25). The molecule has 0 spiro atoms. The van der Waals surface area contributed by atoms with E-state index in [2.05, 4.69) is 33.2 Å². The zero-order valence-corrected chi connectivity index (χ0v) is 18.6. The molecule has 1 aliphatic rings. The van der Waals surface area contributed by atoms with Gasteiger partial charge in [0, 0.05) is 17.6 Å². The first-order valence-corrected chi connectivity index (χ1v) is 11.4. The number of benzene rings is 1. The Hall–Kier alpha value is -1.38. The van der Waals surface area contributed by atoms with Gasteiger partial charge in [0.05, 0.1) is 29.8 Å². The second-order valence-electron chi connectivity index (χ2n) is 7.23. The van der Waals surface area contributed by atoms with Gasteiger partial charge in [-0.05, 0) is 37.0 Å². The van der Waals surface area contributed by atoms with Crippen molar-refractivity contribution in [3.05, 3.63) is 33.0 Å². The van der Waals surface area contributed by atoms with Crippen LogP contribution in [0.25, 0.3) is 10.9 Å². The van der Waals surface area contributed by atoms with Crippen LogP contribution >= 0.6 is 27.7 Å². The fraction of sp³-hybridized carbons (Fsp3) is 0.550. The quantitative estimate of drug-likeness (QED) is 0.497. The lowest BCUT2D eigenvalue weighted by Crippen LogP contribution is -2.42. The van der Waals surface area contributed by atoms with Crippen LogP contribution in [-0.4, -0.2) is 41.0 Å². The summed E-state index contributed by atoms with van der Waals surface area (Å²) in [5.41, 5.74) is 0.512. The van der Waals surface area contributed by atoms with Gasteiger partial charge >= 0.3 is 0 Å². The van der Waals surface area contributed by atoms with Crippen LogP contribution in [0.3, 0.4) is 0 Å². The molecule has 0 aliphatic heterocycles. The molecule has 1 aromatic heterocycles. The minimum atomic E-state index is -0.118. The van der Waals surface area contributed by atoms with Gasteiger partial charge in [-0.25, -0.2) is 4.98 Å². The van der Waals surface area contributed by atoms with E-state index in [1.54, 1.807) is 17.7 Å². The van der Waals surface area contributed by atoms with E-state index < -0.39 is 0 Å². The van der Waals surface area contributed by atoms with Crippen LogP contribution in [-0.2, 0) is 16.1 Å². The lowest BCUT2D eigenvalue weighted by atomic mass is 9.86. The molecule has 1 aliphatic carbocycles. The minimum absolute atomic E-state index is 0.00723. The molecule has 8 heteroatoms. The van der Waals surface area contributed by atoms with Crippen LogP contribution in [0.2, 0.25) is 0 Å². The number of nitrogens with one attached hydrogen (secondary N) is 1. The van der Waals surface area contributed by atoms with Crippen LogP contribution in [0, 0.1) is 5.92 Å². The van der Waals surface area contributed by atoms with E-state index in [0.717, 1.165) is 17.3 Å². The van der Waals surface area contributed by atoms with Gasteiger partial charge in [-0.1, -0.05) is 47.5 Å². The molecule has 152 valence electrons. The van der Waals surface area contributed by atoms with Gasteiger partial charge in [0.25, 0.3) is 5.56 Å². The summed E-state index contributed by atoms with van der Waals surface area (Å²) in [6.07, 6.45) is 4.61. The summed E-state index contributed by atoms with van der Waals surface area (Å²) in [5, 5.41) is 4.25. The number of thioether (sulfide) groups is 1. The van der Waals surface area contributed by atoms with Crippen LogP contribution < -0.4 is 10.9 Å². The van der Waals surface area contributed by atoms with Gasteiger partial charge in [0.1, 0.15) is 0 Å². The molecule has 1 saturated carbocycles. The number of rotatable bonds is 7. The van der Waals surface area contributed by atoms with Gasteiger partial charge < -0.3 is 10.1 Å². The first kappa shape index (κ1) is 21.3. The number of hydrogen-bond acceptors (Lipinski definition) is 5. The highest BCUT2D eigenvalue weighted by molar-refractivity contribution is 9.10. The highest BCUT2D eigenvalue weighted by Crippen LogP contribution is 2.24. The number of methoxy groups -OCH3 is 1. The average molecular weight is 468 g/mol. The number of carbonyl (C=O) groups excluding carboxylic acids is 1. The summed E-state index contributed by atoms with van der Waals surface area (Å²) in [4.78, 5) is 30.0. The summed E-state index contributed by atoms with van der Waals surface area (Å²) in [7, 11) is 1.60. The molecule has 1 heterocycles. The Balaban J connectivity index is 1.78.